The summed E-state index contributed by atoms with van der Waals surface area (Å²) in [5.74, 6) is 1.05. The minimum Gasteiger partial charge on any atom is -0.581 e. The maximum absolute atomic E-state index is 5.47. The van der Waals surface area contributed by atoms with Crippen LogP contribution in [0.5, 0.6) is 5.75 Å². The second-order valence-electron chi connectivity index (χ2n) is 3.11. The average molecular weight is 399 g/mol. The summed E-state index contributed by atoms with van der Waals surface area (Å²) in [6.45, 7) is 5.47. The van der Waals surface area contributed by atoms with E-state index in [9.17, 15) is 0 Å². The predicted octanol–water partition coefficient (Wildman–Crippen LogP) is 1.66. The van der Waals surface area contributed by atoms with Crippen LogP contribution >= 0.6 is 0 Å². The Bertz CT molecular complexity index is 448. The Balaban J connectivity index is 0.00000144. The first kappa shape index (κ1) is 13.9. The van der Waals surface area contributed by atoms with Gasteiger partial charge in [0, 0.05) is 38.5 Å². The van der Waals surface area contributed by atoms with Crippen LogP contribution in [-0.4, -0.2) is 18.0 Å². The second kappa shape index (κ2) is 6.53. The molecule has 1 aromatic carbocycles. The fraction of sp³-hybridized carbons (Fsp3) is 0.0833. The summed E-state index contributed by atoms with van der Waals surface area (Å²) in [6, 6.07) is 10.2. The zero-order chi connectivity index (χ0) is 11.4. The summed E-state index contributed by atoms with van der Waals surface area (Å²) < 4.78 is 4.61. The Kier molecular flexibility index (Phi) is 5.33. The molecule has 17 heavy (non-hydrogen) atoms. The van der Waals surface area contributed by atoms with Crippen LogP contribution in [0.3, 0.4) is 0 Å². The van der Waals surface area contributed by atoms with Crippen LogP contribution in [0.1, 0.15) is 5.82 Å². The van der Waals surface area contributed by atoms with Crippen LogP contribution in [-0.2, 0) is 26.5 Å². The van der Waals surface area contributed by atoms with Gasteiger partial charge in [-0.15, -0.1) is 23.8 Å². The third kappa shape index (κ3) is 3.38. The van der Waals surface area contributed by atoms with Gasteiger partial charge >= 0.3 is 8.05 Å². The van der Waals surface area contributed by atoms with Crippen molar-refractivity contribution in [1.29, 1.82) is 0 Å². The zero-order valence-electron chi connectivity index (χ0n) is 8.88. The van der Waals surface area contributed by atoms with E-state index in [0.29, 0.717) is 18.0 Å². The molecule has 5 heteroatoms. The number of aromatic nitrogens is 2. The molecule has 1 heterocycles. The molecule has 0 bridgehead atoms. The van der Waals surface area contributed by atoms with E-state index in [2.05, 4.69) is 20.7 Å². The Morgan fingerprint density at radius 2 is 2.18 bits per heavy atom. The molecule has 0 amide bonds. The van der Waals surface area contributed by atoms with Gasteiger partial charge < -0.3 is 4.65 Å². The van der Waals surface area contributed by atoms with E-state index >= 15 is 0 Å². The van der Waals surface area contributed by atoms with Gasteiger partial charge in [-0.3, -0.25) is 4.98 Å². The first-order valence-corrected chi connectivity index (χ1v) is 4.75. The minimum absolute atomic E-state index is 0. The van der Waals surface area contributed by atoms with Crippen molar-refractivity contribution >= 4 is 8.05 Å². The van der Waals surface area contributed by atoms with Crippen LogP contribution in [0, 0.1) is 13.0 Å². The monoisotopic (exact) mass is 400 g/mol. The molecule has 0 saturated carbocycles. The molecule has 0 spiro atoms. The van der Waals surface area contributed by atoms with Crippen molar-refractivity contribution < 1.29 is 24.8 Å². The van der Waals surface area contributed by atoms with Gasteiger partial charge in [-0.2, -0.15) is 0 Å². The topological polar surface area (TPSA) is 35.0 Å². The third-order valence-electron chi connectivity index (χ3n) is 2.06. The molecule has 85 valence electrons. The maximum atomic E-state index is 5.47. The predicted molar refractivity (Wildman–Crippen MR) is 60.7 cm³/mol. The largest absolute Gasteiger partial charge is 0.581 e. The molecule has 0 aliphatic heterocycles. The Hall–Kier alpha value is -1.19. The fourth-order valence-corrected chi connectivity index (χ4v) is 1.31. The second-order valence-corrected chi connectivity index (χ2v) is 3.11. The molecule has 3 nitrogen and oxygen atoms in total. The van der Waals surface area contributed by atoms with Gasteiger partial charge in [0.25, 0.3) is 0 Å². The maximum Gasteiger partial charge on any atom is 0.371 e. The summed E-state index contributed by atoms with van der Waals surface area (Å²) in [5, 5.41) is 0. The van der Waals surface area contributed by atoms with Crippen LogP contribution in [0.15, 0.2) is 30.5 Å². The van der Waals surface area contributed by atoms with Crippen molar-refractivity contribution in [3.8, 4) is 17.0 Å². The van der Waals surface area contributed by atoms with Gasteiger partial charge in [0.05, 0.1) is 0 Å². The van der Waals surface area contributed by atoms with Gasteiger partial charge in [0.2, 0.25) is 0 Å². The molecule has 0 saturated heterocycles. The molecule has 0 N–H and O–H groups in total. The van der Waals surface area contributed by atoms with Crippen molar-refractivity contribution in [2.24, 2.45) is 0 Å². The number of nitrogens with zero attached hydrogens (tertiary/aromatic N) is 2. The van der Waals surface area contributed by atoms with Gasteiger partial charge in [0.1, 0.15) is 5.82 Å². The first-order valence-electron chi connectivity index (χ1n) is 4.75. The van der Waals surface area contributed by atoms with E-state index in [1.807, 2.05) is 12.1 Å². The first-order chi connectivity index (χ1) is 7.83. The van der Waals surface area contributed by atoms with Gasteiger partial charge in [-0.25, -0.2) is 4.98 Å². The summed E-state index contributed by atoms with van der Waals surface area (Å²) in [4.78, 5) is 8.29. The summed E-state index contributed by atoms with van der Waals surface area (Å²) in [5.41, 5.74) is 1.54. The minimum atomic E-state index is 0. The van der Waals surface area contributed by atoms with E-state index in [-0.39, 0.29) is 20.1 Å². The van der Waals surface area contributed by atoms with Crippen molar-refractivity contribution in [3.63, 3.8) is 0 Å². The number of benzene rings is 1. The van der Waals surface area contributed by atoms with Crippen LogP contribution in [0.25, 0.3) is 11.3 Å². The van der Waals surface area contributed by atoms with Crippen molar-refractivity contribution in [2.45, 2.75) is 6.42 Å². The number of rotatable bonds is 3. The molecule has 0 atom stereocenters. The zero-order valence-corrected chi connectivity index (χ0v) is 11.3. The van der Waals surface area contributed by atoms with Crippen molar-refractivity contribution in [1.82, 2.24) is 9.97 Å². The Morgan fingerprint density at radius 1 is 1.35 bits per heavy atom. The fourth-order valence-electron chi connectivity index (χ4n) is 1.31. The molecule has 0 fully saturated rings. The number of hydrogen-bond donors (Lipinski definition) is 0. The Labute approximate surface area is 115 Å². The number of hydrogen-bond acceptors (Lipinski definition) is 3. The van der Waals surface area contributed by atoms with E-state index in [4.69, 9.17) is 15.0 Å². The smallest absolute Gasteiger partial charge is 0.371 e. The molecule has 1 aromatic heterocycles. The summed E-state index contributed by atoms with van der Waals surface area (Å²) in [6.07, 6.45) is 1.97. The van der Waals surface area contributed by atoms with Crippen LogP contribution in [0.2, 0.25) is 0 Å². The van der Waals surface area contributed by atoms with Gasteiger partial charge in [0.15, 0.2) is 0 Å². The third-order valence-corrected chi connectivity index (χ3v) is 2.06. The SMILES string of the molecule is [B]Oc1[c-]c(-c2ccnc(C[CH])n2)ccc1.[Ir]. The van der Waals surface area contributed by atoms with Crippen molar-refractivity contribution in [3.05, 3.63) is 49.3 Å². The molecule has 2 rings (SSSR count). The Morgan fingerprint density at radius 3 is 2.88 bits per heavy atom. The molecule has 0 aliphatic rings. The molecular formula is C12H8BIrN2O-. The summed E-state index contributed by atoms with van der Waals surface area (Å²) in [7, 11) is 5.07. The van der Waals surface area contributed by atoms with E-state index in [1.165, 1.54) is 0 Å². The van der Waals surface area contributed by atoms with E-state index < -0.39 is 0 Å². The van der Waals surface area contributed by atoms with E-state index in [1.54, 1.807) is 18.3 Å². The molecular weight excluding hydrogens is 391 g/mol. The molecule has 0 unspecified atom stereocenters. The van der Waals surface area contributed by atoms with E-state index in [0.717, 1.165) is 11.3 Å². The average Bonchev–Trinajstić information content (AvgIpc) is 2.39. The standard InChI is InChI=1S/C12H8BN2O.Ir/c1-2-12-14-7-6-11(15-12)9-4-3-5-10(8-9)16-13;/h1,3-7H,2H2;/q-1;. The van der Waals surface area contributed by atoms with Crippen LogP contribution in [0.4, 0.5) is 0 Å². The normalized spacial score (nSPS) is 9.47. The van der Waals surface area contributed by atoms with Crippen LogP contribution < -0.4 is 4.65 Å². The van der Waals surface area contributed by atoms with Gasteiger partial charge in [-0.05, 0) is 12.6 Å². The van der Waals surface area contributed by atoms with Gasteiger partial charge in [-0.1, -0.05) is 12.1 Å². The molecule has 0 aliphatic carbocycles. The summed E-state index contributed by atoms with van der Waals surface area (Å²) >= 11 is 0. The quantitative estimate of drug-likeness (QED) is 0.582. The molecule has 5 radical (unpaired) electrons. The molecule has 2 aromatic rings. The van der Waals surface area contributed by atoms with Crippen molar-refractivity contribution in [2.75, 3.05) is 0 Å².